The summed E-state index contributed by atoms with van der Waals surface area (Å²) in [6.45, 7) is 13.5. The van der Waals surface area contributed by atoms with Crippen LogP contribution in [-0.4, -0.2) is 12.9 Å². The summed E-state index contributed by atoms with van der Waals surface area (Å²) in [6, 6.07) is 32.7. The van der Waals surface area contributed by atoms with Gasteiger partial charge in [0.1, 0.15) is 5.84 Å². The molecule has 0 aromatic heterocycles. The van der Waals surface area contributed by atoms with Crippen molar-refractivity contribution in [3.8, 4) is 11.1 Å². The molecule has 0 saturated heterocycles. The molecule has 0 unspecified atom stereocenters. The Kier molecular flexibility index (Phi) is 7.74. The van der Waals surface area contributed by atoms with Crippen molar-refractivity contribution in [3.63, 3.8) is 0 Å². The molecule has 36 heavy (non-hydrogen) atoms. The van der Waals surface area contributed by atoms with Crippen LogP contribution in [-0.2, 0) is 0 Å². The molecule has 4 rings (SSSR count). The second-order valence-electron chi connectivity index (χ2n) is 10.2. The van der Waals surface area contributed by atoms with Gasteiger partial charge < -0.3 is 0 Å². The van der Waals surface area contributed by atoms with Gasteiger partial charge in [0, 0.05) is 12.6 Å². The second-order valence-corrected chi connectivity index (χ2v) is 10.2. The van der Waals surface area contributed by atoms with Crippen LogP contribution in [0.2, 0.25) is 0 Å². The Hall–Kier alpha value is -3.65. The molecule has 184 valence electrons. The summed E-state index contributed by atoms with van der Waals surface area (Å²) < 4.78 is 0. The van der Waals surface area contributed by atoms with Gasteiger partial charge in [0.15, 0.2) is 0 Å². The van der Waals surface area contributed by atoms with Crippen LogP contribution in [0.25, 0.3) is 11.1 Å². The predicted molar refractivity (Wildman–Crippen MR) is 157 cm³/mol. The lowest BCUT2D eigenvalue weighted by Crippen LogP contribution is -2.30. The van der Waals surface area contributed by atoms with E-state index in [0.717, 1.165) is 17.1 Å². The van der Waals surface area contributed by atoms with E-state index in [1.165, 1.54) is 39.1 Å². The summed E-state index contributed by atoms with van der Waals surface area (Å²) in [7, 11) is 1.91. The van der Waals surface area contributed by atoms with Gasteiger partial charge in [-0.15, -0.1) is 0 Å². The lowest BCUT2D eigenvalue weighted by atomic mass is 9.90. The molecule has 4 aromatic rings. The van der Waals surface area contributed by atoms with Crippen molar-refractivity contribution >= 4 is 17.2 Å². The van der Waals surface area contributed by atoms with E-state index in [0.29, 0.717) is 11.8 Å². The van der Waals surface area contributed by atoms with Crippen LogP contribution in [0.5, 0.6) is 0 Å². The molecule has 4 aromatic carbocycles. The number of amidine groups is 1. The van der Waals surface area contributed by atoms with Gasteiger partial charge in [0.2, 0.25) is 0 Å². The van der Waals surface area contributed by atoms with Crippen LogP contribution >= 0.6 is 0 Å². The standard InChI is InChI=1S/C34H38N2/c1-23(2)29-18-13-19-30(24(3)4)33(29)36(34(35-7)31-17-12-11-14-25(31)5)32-21-20-28(22-26(32)6)27-15-9-8-10-16-27/h8-24H,1-7H3/b35-34+. The van der Waals surface area contributed by atoms with Crippen molar-refractivity contribution in [3.05, 3.63) is 119 Å². The Morgan fingerprint density at radius 1 is 0.639 bits per heavy atom. The first-order chi connectivity index (χ1) is 17.3. The molecule has 0 saturated carbocycles. The third kappa shape index (κ3) is 4.99. The summed E-state index contributed by atoms with van der Waals surface area (Å²) in [5.41, 5.74) is 11.1. The Morgan fingerprint density at radius 3 is 1.81 bits per heavy atom. The van der Waals surface area contributed by atoms with E-state index >= 15 is 0 Å². The first-order valence-corrected chi connectivity index (χ1v) is 12.9. The zero-order valence-electron chi connectivity index (χ0n) is 22.7. The molecule has 0 spiro atoms. The maximum Gasteiger partial charge on any atom is 0.140 e. The van der Waals surface area contributed by atoms with Crippen molar-refractivity contribution in [2.75, 3.05) is 11.9 Å². The summed E-state index contributed by atoms with van der Waals surface area (Å²) in [4.78, 5) is 7.35. The van der Waals surface area contributed by atoms with Crippen LogP contribution in [0.3, 0.4) is 0 Å². The van der Waals surface area contributed by atoms with E-state index in [1.807, 2.05) is 7.05 Å². The molecule has 0 heterocycles. The number of nitrogens with zero attached hydrogens (tertiary/aromatic N) is 2. The molecule has 0 amide bonds. The van der Waals surface area contributed by atoms with Crippen molar-refractivity contribution < 1.29 is 0 Å². The predicted octanol–water partition coefficient (Wildman–Crippen LogP) is 9.43. The van der Waals surface area contributed by atoms with Gasteiger partial charge in [-0.3, -0.25) is 9.89 Å². The highest BCUT2D eigenvalue weighted by atomic mass is 15.2. The number of benzene rings is 4. The molecule has 2 heteroatoms. The van der Waals surface area contributed by atoms with Gasteiger partial charge in [-0.25, -0.2) is 0 Å². The van der Waals surface area contributed by atoms with E-state index in [4.69, 9.17) is 4.99 Å². The number of rotatable bonds is 6. The second kappa shape index (κ2) is 11.0. The molecule has 2 nitrogen and oxygen atoms in total. The Labute approximate surface area is 217 Å². The smallest absolute Gasteiger partial charge is 0.140 e. The summed E-state index contributed by atoms with van der Waals surface area (Å²) in [5, 5.41) is 0. The quantitative estimate of drug-likeness (QED) is 0.201. The zero-order chi connectivity index (χ0) is 25.8. The van der Waals surface area contributed by atoms with Crippen molar-refractivity contribution in [1.82, 2.24) is 0 Å². The molecule has 0 N–H and O–H groups in total. The van der Waals surface area contributed by atoms with Crippen molar-refractivity contribution in [2.24, 2.45) is 4.99 Å². The number of aliphatic imine (C=N–C) groups is 1. The minimum atomic E-state index is 0.375. The normalized spacial score (nSPS) is 11.9. The van der Waals surface area contributed by atoms with Crippen LogP contribution in [0.4, 0.5) is 11.4 Å². The highest BCUT2D eigenvalue weighted by Gasteiger charge is 2.27. The highest BCUT2D eigenvalue weighted by Crippen LogP contribution is 2.42. The number of hydrogen-bond acceptors (Lipinski definition) is 1. The number of anilines is 2. The first kappa shape index (κ1) is 25.4. The fourth-order valence-corrected chi connectivity index (χ4v) is 4.99. The summed E-state index contributed by atoms with van der Waals surface area (Å²) in [6.07, 6.45) is 0. The Bertz CT molecular complexity index is 1340. The van der Waals surface area contributed by atoms with E-state index in [9.17, 15) is 0 Å². The Morgan fingerprint density at radius 2 is 1.25 bits per heavy atom. The van der Waals surface area contributed by atoms with Crippen LogP contribution in [0.15, 0.2) is 96.0 Å². The molecule has 0 bridgehead atoms. The van der Waals surface area contributed by atoms with Gasteiger partial charge in [0.05, 0.1) is 11.4 Å². The number of hydrogen-bond donors (Lipinski definition) is 0. The largest absolute Gasteiger partial charge is 0.294 e. The van der Waals surface area contributed by atoms with Crippen LogP contribution in [0.1, 0.15) is 67.3 Å². The van der Waals surface area contributed by atoms with Gasteiger partial charge in [-0.05, 0) is 71.2 Å². The van der Waals surface area contributed by atoms with Gasteiger partial charge in [0.25, 0.3) is 0 Å². The molecule has 0 atom stereocenters. The average Bonchev–Trinajstić information content (AvgIpc) is 2.88. The molecule has 0 aliphatic rings. The van der Waals surface area contributed by atoms with Gasteiger partial charge >= 0.3 is 0 Å². The van der Waals surface area contributed by atoms with E-state index < -0.39 is 0 Å². The number of aryl methyl sites for hydroxylation is 2. The summed E-state index contributed by atoms with van der Waals surface area (Å²) >= 11 is 0. The number of para-hydroxylation sites is 1. The SMILES string of the molecule is C/N=C(\c1ccccc1C)N(c1ccc(-c2ccccc2)cc1C)c1c(C(C)C)cccc1C(C)C. The fraction of sp³-hybridized carbons (Fsp3) is 0.265. The lowest BCUT2D eigenvalue weighted by molar-refractivity contribution is 0.832. The van der Waals surface area contributed by atoms with E-state index in [2.05, 4.69) is 137 Å². The highest BCUT2D eigenvalue weighted by molar-refractivity contribution is 6.16. The lowest BCUT2D eigenvalue weighted by Gasteiger charge is -2.34. The van der Waals surface area contributed by atoms with Gasteiger partial charge in [-0.1, -0.05) is 107 Å². The molecule has 0 aliphatic heterocycles. The van der Waals surface area contributed by atoms with E-state index in [-0.39, 0.29) is 0 Å². The molecule has 0 radical (unpaired) electrons. The molecular formula is C34H38N2. The third-order valence-corrected chi connectivity index (χ3v) is 6.92. The Balaban J connectivity index is 2.03. The zero-order valence-corrected chi connectivity index (χ0v) is 22.7. The average molecular weight is 475 g/mol. The topological polar surface area (TPSA) is 15.6 Å². The van der Waals surface area contributed by atoms with Crippen molar-refractivity contribution in [2.45, 2.75) is 53.4 Å². The molecule has 0 aliphatic carbocycles. The first-order valence-electron chi connectivity index (χ1n) is 12.9. The third-order valence-electron chi connectivity index (χ3n) is 6.92. The summed E-state index contributed by atoms with van der Waals surface area (Å²) in [5.74, 6) is 1.72. The molecule has 0 fully saturated rings. The maximum absolute atomic E-state index is 4.94. The van der Waals surface area contributed by atoms with E-state index in [1.54, 1.807) is 0 Å². The maximum atomic E-state index is 4.94. The fourth-order valence-electron chi connectivity index (χ4n) is 4.99. The van der Waals surface area contributed by atoms with Crippen LogP contribution < -0.4 is 4.90 Å². The molecular weight excluding hydrogens is 436 g/mol. The monoisotopic (exact) mass is 474 g/mol. The minimum absolute atomic E-state index is 0.375. The van der Waals surface area contributed by atoms with Crippen LogP contribution in [0, 0.1) is 13.8 Å². The minimum Gasteiger partial charge on any atom is -0.294 e. The van der Waals surface area contributed by atoms with Crippen molar-refractivity contribution in [1.29, 1.82) is 0 Å². The van der Waals surface area contributed by atoms with Gasteiger partial charge in [-0.2, -0.15) is 0 Å².